The van der Waals surface area contributed by atoms with Gasteiger partial charge in [-0.25, -0.2) is 0 Å². The van der Waals surface area contributed by atoms with Crippen molar-refractivity contribution in [3.05, 3.63) is 29.8 Å². The largest absolute Gasteiger partial charge is 0.497 e. The Morgan fingerprint density at radius 1 is 1.12 bits per heavy atom. The second-order valence-electron chi connectivity index (χ2n) is 7.71. The molecule has 6 nitrogen and oxygen atoms in total. The molecule has 1 aromatic rings. The van der Waals surface area contributed by atoms with Crippen molar-refractivity contribution in [3.8, 4) is 5.75 Å². The lowest BCUT2D eigenvalue weighted by Gasteiger charge is -2.45. The molecule has 0 aliphatic carbocycles. The Bertz CT molecular complexity index is 606. The maximum atomic E-state index is 12.7. The highest BCUT2D eigenvalue weighted by molar-refractivity contribution is 5.94. The van der Waals surface area contributed by atoms with Crippen LogP contribution in [0.1, 0.15) is 24.2 Å². The Hall–Kier alpha value is -1.63. The normalized spacial score (nSPS) is 20.2. The molecule has 0 unspecified atom stereocenters. The summed E-state index contributed by atoms with van der Waals surface area (Å²) in [6.07, 6.45) is 0. The molecule has 0 radical (unpaired) electrons. The summed E-state index contributed by atoms with van der Waals surface area (Å²) in [5, 5.41) is 0. The van der Waals surface area contributed by atoms with Crippen molar-refractivity contribution in [2.24, 2.45) is 0 Å². The van der Waals surface area contributed by atoms with E-state index >= 15 is 0 Å². The number of amides is 1. The van der Waals surface area contributed by atoms with E-state index in [4.69, 9.17) is 9.47 Å². The fourth-order valence-electron chi connectivity index (χ4n) is 3.86. The minimum absolute atomic E-state index is 0.0935. The van der Waals surface area contributed by atoms with E-state index in [9.17, 15) is 4.79 Å². The van der Waals surface area contributed by atoms with Gasteiger partial charge in [0.15, 0.2) is 0 Å². The summed E-state index contributed by atoms with van der Waals surface area (Å²) in [7, 11) is 1.62. The number of benzene rings is 1. The molecule has 0 bridgehead atoms. The van der Waals surface area contributed by atoms with E-state index in [0.29, 0.717) is 5.56 Å². The molecule has 144 valence electrons. The third kappa shape index (κ3) is 4.55. The van der Waals surface area contributed by atoms with Gasteiger partial charge in [-0.05, 0) is 32.0 Å². The first-order chi connectivity index (χ1) is 12.5. The van der Waals surface area contributed by atoms with Gasteiger partial charge in [0, 0.05) is 56.9 Å². The summed E-state index contributed by atoms with van der Waals surface area (Å²) >= 11 is 0. The second-order valence-corrected chi connectivity index (χ2v) is 7.71. The third-order valence-electron chi connectivity index (χ3n) is 5.45. The van der Waals surface area contributed by atoms with E-state index in [-0.39, 0.29) is 11.4 Å². The molecule has 2 heterocycles. The summed E-state index contributed by atoms with van der Waals surface area (Å²) < 4.78 is 10.7. The van der Waals surface area contributed by atoms with Crippen molar-refractivity contribution in [2.45, 2.75) is 19.4 Å². The summed E-state index contributed by atoms with van der Waals surface area (Å²) in [5.41, 5.74) is 0.828. The van der Waals surface area contributed by atoms with Gasteiger partial charge in [0.05, 0.1) is 20.3 Å². The van der Waals surface area contributed by atoms with E-state index in [1.54, 1.807) is 7.11 Å². The summed E-state index contributed by atoms with van der Waals surface area (Å²) in [6, 6.07) is 7.41. The molecule has 2 saturated heterocycles. The van der Waals surface area contributed by atoms with Gasteiger partial charge in [0.2, 0.25) is 0 Å². The number of methoxy groups -OCH3 is 1. The predicted molar refractivity (Wildman–Crippen MR) is 102 cm³/mol. The van der Waals surface area contributed by atoms with Crippen LogP contribution in [0.2, 0.25) is 0 Å². The number of nitrogens with zero attached hydrogens (tertiary/aromatic N) is 3. The first-order valence-corrected chi connectivity index (χ1v) is 9.48. The van der Waals surface area contributed by atoms with Crippen LogP contribution in [0.25, 0.3) is 0 Å². The number of hydrogen-bond donors (Lipinski definition) is 0. The fraction of sp³-hybridized carbons (Fsp3) is 0.650. The lowest BCUT2D eigenvalue weighted by Crippen LogP contribution is -2.58. The molecule has 1 aromatic carbocycles. The molecule has 2 aliphatic rings. The number of carbonyl (C=O) groups excluding carboxylic acids is 1. The summed E-state index contributed by atoms with van der Waals surface area (Å²) in [6.45, 7) is 12.7. The Morgan fingerprint density at radius 3 is 2.46 bits per heavy atom. The van der Waals surface area contributed by atoms with Gasteiger partial charge in [-0.1, -0.05) is 6.07 Å². The van der Waals surface area contributed by atoms with Crippen molar-refractivity contribution < 1.29 is 14.3 Å². The molecular weight excluding hydrogens is 330 g/mol. The summed E-state index contributed by atoms with van der Waals surface area (Å²) in [5.74, 6) is 0.817. The molecule has 1 amide bonds. The Kier molecular flexibility index (Phi) is 6.16. The van der Waals surface area contributed by atoms with Crippen LogP contribution < -0.4 is 4.74 Å². The van der Waals surface area contributed by atoms with Crippen molar-refractivity contribution in [2.75, 3.05) is 66.1 Å². The van der Waals surface area contributed by atoms with E-state index in [1.165, 1.54) is 0 Å². The van der Waals surface area contributed by atoms with Crippen LogP contribution in [-0.2, 0) is 4.74 Å². The molecular formula is C20H31N3O3. The molecule has 0 atom stereocenters. The molecule has 0 spiro atoms. The molecule has 2 aliphatic heterocycles. The van der Waals surface area contributed by atoms with Crippen molar-refractivity contribution in [3.63, 3.8) is 0 Å². The highest BCUT2D eigenvalue weighted by atomic mass is 16.5. The van der Waals surface area contributed by atoms with Gasteiger partial charge in [-0.15, -0.1) is 0 Å². The first-order valence-electron chi connectivity index (χ1n) is 9.48. The molecule has 0 N–H and O–H groups in total. The van der Waals surface area contributed by atoms with Crippen LogP contribution in [0.4, 0.5) is 0 Å². The standard InChI is InChI=1S/C20H31N3O3/c1-20(2,23-11-13-26-14-12-23)16-21-7-9-22(10-8-21)19(24)17-5-4-6-18(15-17)25-3/h4-6,15H,7-14,16H2,1-3H3. The number of carbonyl (C=O) groups is 1. The topological polar surface area (TPSA) is 45.2 Å². The minimum atomic E-state index is 0.0935. The zero-order chi connectivity index (χ0) is 18.6. The van der Waals surface area contributed by atoms with Crippen molar-refractivity contribution in [1.29, 1.82) is 0 Å². The molecule has 3 rings (SSSR count). The van der Waals surface area contributed by atoms with E-state index in [1.807, 2.05) is 29.2 Å². The van der Waals surface area contributed by atoms with Crippen LogP contribution in [0.15, 0.2) is 24.3 Å². The van der Waals surface area contributed by atoms with Gasteiger partial charge >= 0.3 is 0 Å². The number of piperazine rings is 1. The van der Waals surface area contributed by atoms with Crippen LogP contribution in [0.5, 0.6) is 5.75 Å². The molecule has 0 aromatic heterocycles. The Labute approximate surface area is 156 Å². The third-order valence-corrected chi connectivity index (χ3v) is 5.45. The van der Waals surface area contributed by atoms with E-state index in [0.717, 1.165) is 64.8 Å². The average molecular weight is 361 g/mol. The maximum Gasteiger partial charge on any atom is 0.254 e. The van der Waals surface area contributed by atoms with Crippen molar-refractivity contribution >= 4 is 5.91 Å². The predicted octanol–water partition coefficient (Wildman–Crippen LogP) is 1.56. The summed E-state index contributed by atoms with van der Waals surface area (Å²) in [4.78, 5) is 19.7. The molecule has 26 heavy (non-hydrogen) atoms. The van der Waals surface area contributed by atoms with Crippen LogP contribution in [-0.4, -0.2) is 92.3 Å². The smallest absolute Gasteiger partial charge is 0.254 e. The number of hydrogen-bond acceptors (Lipinski definition) is 5. The zero-order valence-electron chi connectivity index (χ0n) is 16.2. The highest BCUT2D eigenvalue weighted by Gasteiger charge is 2.32. The van der Waals surface area contributed by atoms with Crippen LogP contribution in [0, 0.1) is 0 Å². The Balaban J connectivity index is 1.52. The molecule has 2 fully saturated rings. The highest BCUT2D eigenvalue weighted by Crippen LogP contribution is 2.20. The lowest BCUT2D eigenvalue weighted by atomic mass is 10.0. The van der Waals surface area contributed by atoms with E-state index in [2.05, 4.69) is 23.6 Å². The molecule has 0 saturated carbocycles. The second kappa shape index (κ2) is 8.37. The quantitative estimate of drug-likeness (QED) is 0.797. The molecule has 6 heteroatoms. The van der Waals surface area contributed by atoms with E-state index < -0.39 is 0 Å². The average Bonchev–Trinajstić information content (AvgIpc) is 2.68. The first kappa shape index (κ1) is 19.1. The van der Waals surface area contributed by atoms with Gasteiger partial charge in [0.1, 0.15) is 5.75 Å². The Morgan fingerprint density at radius 2 is 1.81 bits per heavy atom. The minimum Gasteiger partial charge on any atom is -0.497 e. The van der Waals surface area contributed by atoms with Crippen LogP contribution in [0.3, 0.4) is 0 Å². The monoisotopic (exact) mass is 361 g/mol. The number of ether oxygens (including phenoxy) is 2. The fourth-order valence-corrected chi connectivity index (χ4v) is 3.86. The SMILES string of the molecule is COc1cccc(C(=O)N2CCN(CC(C)(C)N3CCOCC3)CC2)c1. The van der Waals surface area contributed by atoms with Crippen molar-refractivity contribution in [1.82, 2.24) is 14.7 Å². The number of morpholine rings is 1. The lowest BCUT2D eigenvalue weighted by molar-refractivity contribution is -0.0256. The van der Waals surface area contributed by atoms with Gasteiger partial charge in [-0.3, -0.25) is 14.6 Å². The number of rotatable bonds is 5. The van der Waals surface area contributed by atoms with Gasteiger partial charge in [-0.2, -0.15) is 0 Å². The zero-order valence-corrected chi connectivity index (χ0v) is 16.2. The maximum absolute atomic E-state index is 12.7. The van der Waals surface area contributed by atoms with Gasteiger partial charge < -0.3 is 14.4 Å². The van der Waals surface area contributed by atoms with Gasteiger partial charge in [0.25, 0.3) is 5.91 Å². The van der Waals surface area contributed by atoms with Crippen LogP contribution >= 0.6 is 0 Å².